The van der Waals surface area contributed by atoms with Crippen LogP contribution < -0.4 is 0 Å². The van der Waals surface area contributed by atoms with E-state index in [-0.39, 0.29) is 0 Å². The Hall–Kier alpha value is -0.590. The van der Waals surface area contributed by atoms with Gasteiger partial charge in [0.25, 0.3) is 0 Å². The first-order chi connectivity index (χ1) is 6.27. The van der Waals surface area contributed by atoms with E-state index in [0.717, 1.165) is 18.4 Å². The van der Waals surface area contributed by atoms with Crippen LogP contribution in [0.3, 0.4) is 0 Å². The lowest BCUT2D eigenvalue weighted by Gasteiger charge is -2.08. The zero-order valence-electron chi connectivity index (χ0n) is 8.81. The smallest absolute Gasteiger partial charge is 0.158 e. The highest BCUT2D eigenvalue weighted by Gasteiger charge is 2.19. The van der Waals surface area contributed by atoms with E-state index in [1.54, 1.807) is 0 Å². The van der Waals surface area contributed by atoms with E-state index in [1.807, 2.05) is 13.0 Å². The predicted octanol–water partition coefficient (Wildman–Crippen LogP) is 3.49. The summed E-state index contributed by atoms with van der Waals surface area (Å²) in [5, 5.41) is 0. The summed E-state index contributed by atoms with van der Waals surface area (Å²) in [6.07, 6.45) is 8.86. The Morgan fingerprint density at radius 3 is 2.46 bits per heavy atom. The molecule has 0 spiro atoms. The Balaban J connectivity index is 2.39. The Kier molecular flexibility index (Phi) is 4.20. The van der Waals surface area contributed by atoms with Crippen molar-refractivity contribution in [2.45, 2.75) is 52.4 Å². The van der Waals surface area contributed by atoms with Crippen molar-refractivity contribution in [1.29, 1.82) is 0 Å². The minimum Gasteiger partial charge on any atom is -0.295 e. The van der Waals surface area contributed by atoms with Crippen LogP contribution in [-0.2, 0) is 4.79 Å². The van der Waals surface area contributed by atoms with Gasteiger partial charge >= 0.3 is 0 Å². The topological polar surface area (TPSA) is 17.1 Å². The van der Waals surface area contributed by atoms with Crippen LogP contribution >= 0.6 is 0 Å². The Bertz CT molecular complexity index is 197. The Morgan fingerprint density at radius 2 is 2.00 bits per heavy atom. The molecule has 0 atom stereocenters. The van der Waals surface area contributed by atoms with Gasteiger partial charge in [-0.15, -0.1) is 0 Å². The molecule has 74 valence electrons. The van der Waals surface area contributed by atoms with E-state index in [9.17, 15) is 4.79 Å². The molecule has 1 rings (SSSR count). The molecular weight excluding hydrogens is 160 g/mol. The number of rotatable bonds is 4. The highest BCUT2D eigenvalue weighted by molar-refractivity contribution is 5.95. The summed E-state index contributed by atoms with van der Waals surface area (Å²) in [4.78, 5) is 11.7. The van der Waals surface area contributed by atoms with Crippen molar-refractivity contribution >= 4 is 5.78 Å². The van der Waals surface area contributed by atoms with Crippen molar-refractivity contribution in [3.63, 3.8) is 0 Å². The van der Waals surface area contributed by atoms with Crippen LogP contribution in [0, 0.1) is 5.92 Å². The maximum atomic E-state index is 11.7. The van der Waals surface area contributed by atoms with E-state index >= 15 is 0 Å². The average Bonchev–Trinajstić information content (AvgIpc) is 2.59. The number of carbonyl (C=O) groups excluding carboxylic acids is 1. The molecule has 0 bridgehead atoms. The van der Waals surface area contributed by atoms with Crippen molar-refractivity contribution in [3.05, 3.63) is 11.6 Å². The van der Waals surface area contributed by atoms with Gasteiger partial charge in [-0.2, -0.15) is 0 Å². The van der Waals surface area contributed by atoms with Gasteiger partial charge in [-0.1, -0.05) is 38.7 Å². The summed E-state index contributed by atoms with van der Waals surface area (Å²) in [5.74, 6) is 1.07. The summed E-state index contributed by atoms with van der Waals surface area (Å²) >= 11 is 0. The molecule has 0 aromatic rings. The molecule has 0 amide bonds. The Labute approximate surface area is 81.2 Å². The maximum absolute atomic E-state index is 11.7. The first kappa shape index (κ1) is 10.5. The summed E-state index contributed by atoms with van der Waals surface area (Å²) in [5.41, 5.74) is 1.02. The molecule has 1 nitrogen and oxygen atoms in total. The SMILES string of the molecule is CC=C(CC)C(=O)CC1CCCC1. The number of ketones is 1. The van der Waals surface area contributed by atoms with Gasteiger partial charge in [0.1, 0.15) is 0 Å². The summed E-state index contributed by atoms with van der Waals surface area (Å²) in [6, 6.07) is 0. The number of carbonyl (C=O) groups is 1. The molecule has 1 saturated carbocycles. The molecule has 0 aliphatic heterocycles. The highest BCUT2D eigenvalue weighted by Crippen LogP contribution is 2.28. The monoisotopic (exact) mass is 180 g/mol. The van der Waals surface area contributed by atoms with E-state index in [2.05, 4.69) is 6.92 Å². The van der Waals surface area contributed by atoms with Gasteiger partial charge in [-0.25, -0.2) is 0 Å². The van der Waals surface area contributed by atoms with Crippen LogP contribution in [0.25, 0.3) is 0 Å². The zero-order chi connectivity index (χ0) is 9.68. The second-order valence-electron chi connectivity index (χ2n) is 3.95. The molecule has 0 heterocycles. The average molecular weight is 180 g/mol. The van der Waals surface area contributed by atoms with Gasteiger partial charge in [0.15, 0.2) is 5.78 Å². The lowest BCUT2D eigenvalue weighted by atomic mass is 9.96. The first-order valence-corrected chi connectivity index (χ1v) is 5.46. The summed E-state index contributed by atoms with van der Waals surface area (Å²) in [7, 11) is 0. The predicted molar refractivity (Wildman–Crippen MR) is 55.6 cm³/mol. The molecule has 0 saturated heterocycles. The van der Waals surface area contributed by atoms with Crippen LogP contribution in [0.2, 0.25) is 0 Å². The number of Topliss-reactive ketones (excluding diaryl/α,β-unsaturated/α-hetero) is 1. The molecule has 1 aliphatic rings. The number of hydrogen-bond acceptors (Lipinski definition) is 1. The molecule has 1 aliphatic carbocycles. The Morgan fingerprint density at radius 1 is 1.38 bits per heavy atom. The van der Waals surface area contributed by atoms with Crippen LogP contribution in [0.4, 0.5) is 0 Å². The van der Waals surface area contributed by atoms with E-state index in [0.29, 0.717) is 11.7 Å². The van der Waals surface area contributed by atoms with Gasteiger partial charge in [0.05, 0.1) is 0 Å². The van der Waals surface area contributed by atoms with Crippen LogP contribution in [0.1, 0.15) is 52.4 Å². The molecular formula is C12H20O. The first-order valence-electron chi connectivity index (χ1n) is 5.46. The van der Waals surface area contributed by atoms with Crippen molar-refractivity contribution in [2.75, 3.05) is 0 Å². The van der Waals surface area contributed by atoms with Crippen molar-refractivity contribution in [1.82, 2.24) is 0 Å². The summed E-state index contributed by atoms with van der Waals surface area (Å²) in [6.45, 7) is 4.02. The van der Waals surface area contributed by atoms with Gasteiger partial charge < -0.3 is 0 Å². The molecule has 0 N–H and O–H groups in total. The fraction of sp³-hybridized carbons (Fsp3) is 0.750. The third-order valence-electron chi connectivity index (χ3n) is 3.04. The zero-order valence-corrected chi connectivity index (χ0v) is 8.81. The fourth-order valence-corrected chi connectivity index (χ4v) is 2.17. The van der Waals surface area contributed by atoms with Gasteiger partial charge in [0.2, 0.25) is 0 Å². The van der Waals surface area contributed by atoms with E-state index in [4.69, 9.17) is 0 Å². The van der Waals surface area contributed by atoms with Crippen molar-refractivity contribution in [2.24, 2.45) is 5.92 Å². The quantitative estimate of drug-likeness (QED) is 0.605. The van der Waals surface area contributed by atoms with Crippen LogP contribution in [-0.4, -0.2) is 5.78 Å². The lowest BCUT2D eigenvalue weighted by Crippen LogP contribution is -2.07. The molecule has 0 aromatic heterocycles. The maximum Gasteiger partial charge on any atom is 0.158 e. The fourth-order valence-electron chi connectivity index (χ4n) is 2.17. The third-order valence-corrected chi connectivity index (χ3v) is 3.04. The second kappa shape index (κ2) is 5.21. The second-order valence-corrected chi connectivity index (χ2v) is 3.95. The van der Waals surface area contributed by atoms with E-state index < -0.39 is 0 Å². The highest BCUT2D eigenvalue weighted by atomic mass is 16.1. The van der Waals surface area contributed by atoms with Gasteiger partial charge in [-0.3, -0.25) is 4.79 Å². The largest absolute Gasteiger partial charge is 0.295 e. The normalized spacial score (nSPS) is 19.4. The molecule has 0 aromatic carbocycles. The van der Waals surface area contributed by atoms with Crippen LogP contribution in [0.15, 0.2) is 11.6 Å². The van der Waals surface area contributed by atoms with Crippen molar-refractivity contribution in [3.8, 4) is 0 Å². The molecule has 0 radical (unpaired) electrons. The number of allylic oxidation sites excluding steroid dienone is 2. The standard InChI is InChI=1S/C12H20O/c1-3-11(4-2)12(13)9-10-7-5-6-8-10/h3,10H,4-9H2,1-2H3. The van der Waals surface area contributed by atoms with Crippen LogP contribution in [0.5, 0.6) is 0 Å². The van der Waals surface area contributed by atoms with Gasteiger partial charge in [-0.05, 0) is 24.8 Å². The molecule has 13 heavy (non-hydrogen) atoms. The number of hydrogen-bond donors (Lipinski definition) is 0. The third kappa shape index (κ3) is 2.98. The lowest BCUT2D eigenvalue weighted by molar-refractivity contribution is -0.116. The molecule has 1 fully saturated rings. The molecule has 0 unspecified atom stereocenters. The molecule has 1 heteroatoms. The van der Waals surface area contributed by atoms with Gasteiger partial charge in [0, 0.05) is 6.42 Å². The van der Waals surface area contributed by atoms with E-state index in [1.165, 1.54) is 25.7 Å². The minimum absolute atomic E-state index is 0.386. The minimum atomic E-state index is 0.386. The van der Waals surface area contributed by atoms with Crippen molar-refractivity contribution < 1.29 is 4.79 Å². The summed E-state index contributed by atoms with van der Waals surface area (Å²) < 4.78 is 0.